The number of unbranched alkanes of at least 4 members (excludes halogenated alkanes) is 1. The van der Waals surface area contributed by atoms with E-state index in [1.54, 1.807) is 4.90 Å². The van der Waals surface area contributed by atoms with Crippen LogP contribution in [0.25, 0.3) is 0 Å². The van der Waals surface area contributed by atoms with Crippen molar-refractivity contribution in [3.8, 4) is 0 Å². The van der Waals surface area contributed by atoms with Crippen LogP contribution in [0, 0.1) is 5.92 Å². The van der Waals surface area contributed by atoms with Crippen molar-refractivity contribution in [2.24, 2.45) is 5.92 Å². The summed E-state index contributed by atoms with van der Waals surface area (Å²) in [4.78, 5) is 13.6. The van der Waals surface area contributed by atoms with Gasteiger partial charge in [0.25, 0.3) is 0 Å². The van der Waals surface area contributed by atoms with Gasteiger partial charge in [0.15, 0.2) is 0 Å². The lowest BCUT2D eigenvalue weighted by atomic mass is 10.1. The van der Waals surface area contributed by atoms with E-state index in [4.69, 9.17) is 0 Å². The van der Waals surface area contributed by atoms with E-state index >= 15 is 0 Å². The second-order valence-corrected chi connectivity index (χ2v) is 5.11. The fourth-order valence-corrected chi connectivity index (χ4v) is 1.74. The molecule has 0 atom stereocenters. The Labute approximate surface area is 110 Å². The van der Waals surface area contributed by atoms with E-state index in [1.165, 1.54) is 12.8 Å². The number of carbonyl (C=O) groups is 1. The van der Waals surface area contributed by atoms with Crippen LogP contribution in [-0.4, -0.2) is 24.5 Å². The zero-order valence-corrected chi connectivity index (χ0v) is 11.6. The zero-order chi connectivity index (χ0) is 13.4. The van der Waals surface area contributed by atoms with Crippen LogP contribution in [0.4, 0.5) is 10.5 Å². The van der Waals surface area contributed by atoms with Crippen molar-refractivity contribution in [3.63, 3.8) is 0 Å². The smallest absolute Gasteiger partial charge is 0.321 e. The maximum Gasteiger partial charge on any atom is 0.321 e. The highest BCUT2D eigenvalue weighted by Crippen LogP contribution is 2.08. The number of hydrogen-bond acceptors (Lipinski definition) is 1. The predicted molar refractivity (Wildman–Crippen MR) is 76.8 cm³/mol. The van der Waals surface area contributed by atoms with Crippen molar-refractivity contribution < 1.29 is 4.79 Å². The third-order valence-electron chi connectivity index (χ3n) is 2.90. The Kier molecular flexibility index (Phi) is 6.26. The van der Waals surface area contributed by atoms with E-state index in [2.05, 4.69) is 19.2 Å². The van der Waals surface area contributed by atoms with Crippen molar-refractivity contribution in [2.45, 2.75) is 33.1 Å². The Balaban J connectivity index is 2.25. The average Bonchev–Trinajstić information content (AvgIpc) is 2.35. The molecular formula is C15H24N2O. The van der Waals surface area contributed by atoms with E-state index in [9.17, 15) is 4.79 Å². The van der Waals surface area contributed by atoms with Gasteiger partial charge in [-0.3, -0.25) is 0 Å². The van der Waals surface area contributed by atoms with Crippen LogP contribution in [0.5, 0.6) is 0 Å². The Morgan fingerprint density at radius 1 is 1.22 bits per heavy atom. The molecule has 0 bridgehead atoms. The van der Waals surface area contributed by atoms with Crippen LogP contribution in [0.3, 0.4) is 0 Å². The molecule has 18 heavy (non-hydrogen) atoms. The van der Waals surface area contributed by atoms with E-state index in [1.807, 2.05) is 37.4 Å². The van der Waals surface area contributed by atoms with Crippen LogP contribution in [-0.2, 0) is 0 Å². The third kappa shape index (κ3) is 5.71. The molecule has 0 unspecified atom stereocenters. The lowest BCUT2D eigenvalue weighted by molar-refractivity contribution is 0.221. The Hall–Kier alpha value is -1.51. The molecule has 0 saturated carbocycles. The molecule has 0 radical (unpaired) electrons. The lowest BCUT2D eigenvalue weighted by Gasteiger charge is -2.18. The van der Waals surface area contributed by atoms with Crippen LogP contribution in [0.1, 0.15) is 33.1 Å². The van der Waals surface area contributed by atoms with E-state index in [0.717, 1.165) is 24.6 Å². The normalized spacial score (nSPS) is 10.4. The van der Waals surface area contributed by atoms with Gasteiger partial charge < -0.3 is 10.2 Å². The minimum atomic E-state index is -0.0363. The molecule has 0 aliphatic carbocycles. The highest BCUT2D eigenvalue weighted by molar-refractivity contribution is 5.89. The summed E-state index contributed by atoms with van der Waals surface area (Å²) in [6.07, 6.45) is 3.48. The summed E-state index contributed by atoms with van der Waals surface area (Å²) in [6.45, 7) is 5.27. The summed E-state index contributed by atoms with van der Waals surface area (Å²) in [6, 6.07) is 9.52. The quantitative estimate of drug-likeness (QED) is 0.759. The van der Waals surface area contributed by atoms with Crippen molar-refractivity contribution in [2.75, 3.05) is 18.9 Å². The molecule has 3 nitrogen and oxygen atoms in total. The number of hydrogen-bond donors (Lipinski definition) is 1. The first-order chi connectivity index (χ1) is 8.59. The van der Waals surface area contributed by atoms with Crippen LogP contribution >= 0.6 is 0 Å². The van der Waals surface area contributed by atoms with Crippen molar-refractivity contribution in [1.82, 2.24) is 4.90 Å². The second kappa shape index (κ2) is 7.75. The molecule has 3 heteroatoms. The van der Waals surface area contributed by atoms with Gasteiger partial charge in [0.1, 0.15) is 0 Å². The second-order valence-electron chi connectivity index (χ2n) is 5.11. The number of nitrogens with zero attached hydrogens (tertiary/aromatic N) is 1. The van der Waals surface area contributed by atoms with Crippen LogP contribution in [0.15, 0.2) is 30.3 Å². The number of benzene rings is 1. The molecule has 1 rings (SSSR count). The van der Waals surface area contributed by atoms with E-state index < -0.39 is 0 Å². The van der Waals surface area contributed by atoms with Gasteiger partial charge >= 0.3 is 6.03 Å². The van der Waals surface area contributed by atoms with E-state index in [-0.39, 0.29) is 6.03 Å². The number of urea groups is 1. The number of nitrogens with one attached hydrogen (secondary N) is 1. The van der Waals surface area contributed by atoms with Gasteiger partial charge in [0.05, 0.1) is 0 Å². The molecular weight excluding hydrogens is 224 g/mol. The first-order valence-electron chi connectivity index (χ1n) is 6.66. The molecule has 0 aliphatic heterocycles. The summed E-state index contributed by atoms with van der Waals surface area (Å²) in [5, 5.41) is 2.88. The van der Waals surface area contributed by atoms with Crippen molar-refractivity contribution in [1.29, 1.82) is 0 Å². The number of para-hydroxylation sites is 1. The van der Waals surface area contributed by atoms with Gasteiger partial charge in [0, 0.05) is 19.3 Å². The first kappa shape index (κ1) is 14.6. The summed E-state index contributed by atoms with van der Waals surface area (Å²) in [5.74, 6) is 0.744. The van der Waals surface area contributed by atoms with Crippen LogP contribution in [0.2, 0.25) is 0 Å². The van der Waals surface area contributed by atoms with Crippen molar-refractivity contribution >= 4 is 11.7 Å². The summed E-state index contributed by atoms with van der Waals surface area (Å²) in [7, 11) is 1.84. The topological polar surface area (TPSA) is 32.3 Å². The van der Waals surface area contributed by atoms with Gasteiger partial charge in [-0.05, 0) is 24.5 Å². The number of amides is 2. The highest BCUT2D eigenvalue weighted by Gasteiger charge is 2.07. The average molecular weight is 248 g/mol. The Morgan fingerprint density at radius 2 is 1.89 bits per heavy atom. The van der Waals surface area contributed by atoms with Gasteiger partial charge in [-0.15, -0.1) is 0 Å². The third-order valence-corrected chi connectivity index (χ3v) is 2.90. The molecule has 100 valence electrons. The molecule has 1 aromatic carbocycles. The van der Waals surface area contributed by atoms with Gasteiger partial charge in [-0.25, -0.2) is 4.79 Å². The number of anilines is 1. The lowest BCUT2D eigenvalue weighted by Crippen LogP contribution is -2.32. The summed E-state index contributed by atoms with van der Waals surface area (Å²) in [5.41, 5.74) is 0.844. The summed E-state index contributed by atoms with van der Waals surface area (Å²) < 4.78 is 0. The number of rotatable bonds is 6. The zero-order valence-electron chi connectivity index (χ0n) is 11.6. The monoisotopic (exact) mass is 248 g/mol. The van der Waals surface area contributed by atoms with Gasteiger partial charge in [0.2, 0.25) is 0 Å². The first-order valence-corrected chi connectivity index (χ1v) is 6.66. The molecule has 1 aromatic rings. The van der Waals surface area contributed by atoms with Gasteiger partial charge in [-0.1, -0.05) is 44.9 Å². The molecule has 0 fully saturated rings. The molecule has 2 amide bonds. The Bertz CT molecular complexity index is 349. The highest BCUT2D eigenvalue weighted by atomic mass is 16.2. The largest absolute Gasteiger partial charge is 0.328 e. The maximum absolute atomic E-state index is 11.9. The fraction of sp³-hybridized carbons (Fsp3) is 0.533. The van der Waals surface area contributed by atoms with E-state index in [0.29, 0.717) is 0 Å². The minimum absolute atomic E-state index is 0.0363. The molecule has 0 aromatic heterocycles. The van der Waals surface area contributed by atoms with Crippen molar-refractivity contribution in [3.05, 3.63) is 30.3 Å². The number of carbonyl (C=O) groups excluding carboxylic acids is 1. The molecule has 0 spiro atoms. The fourth-order valence-electron chi connectivity index (χ4n) is 1.74. The molecule has 0 aliphatic rings. The standard InChI is InChI=1S/C15H24N2O/c1-13(2)9-7-8-12-17(3)15(18)16-14-10-5-4-6-11-14/h4-6,10-11,13H,7-9,12H2,1-3H3,(H,16,18). The van der Waals surface area contributed by atoms with Crippen LogP contribution < -0.4 is 5.32 Å². The Morgan fingerprint density at radius 3 is 2.50 bits per heavy atom. The summed E-state index contributed by atoms with van der Waals surface area (Å²) >= 11 is 0. The molecule has 1 N–H and O–H groups in total. The SMILES string of the molecule is CC(C)CCCCN(C)C(=O)Nc1ccccc1. The minimum Gasteiger partial charge on any atom is -0.328 e. The maximum atomic E-state index is 11.9. The molecule has 0 saturated heterocycles. The molecule has 0 heterocycles. The predicted octanol–water partition coefficient (Wildman–Crippen LogP) is 3.98. The van der Waals surface area contributed by atoms with Gasteiger partial charge in [-0.2, -0.15) is 0 Å².